The van der Waals surface area contributed by atoms with Crippen molar-refractivity contribution in [2.24, 2.45) is 0 Å². The van der Waals surface area contributed by atoms with Gasteiger partial charge in [-0.05, 0) is 18.6 Å². The molecule has 0 aliphatic carbocycles. The van der Waals surface area contributed by atoms with Crippen molar-refractivity contribution in [1.82, 2.24) is 4.90 Å². The number of amides is 2. The van der Waals surface area contributed by atoms with E-state index in [-0.39, 0.29) is 24.8 Å². The first-order valence-electron chi connectivity index (χ1n) is 6.06. The normalized spacial score (nSPS) is 26.5. The highest BCUT2D eigenvalue weighted by Crippen LogP contribution is 2.26. The van der Waals surface area contributed by atoms with E-state index >= 15 is 0 Å². The summed E-state index contributed by atoms with van der Waals surface area (Å²) in [5.41, 5.74) is 0.786. The van der Waals surface area contributed by atoms with E-state index in [0.29, 0.717) is 11.1 Å². The Bertz CT molecular complexity index is 509. The van der Waals surface area contributed by atoms with Gasteiger partial charge in [-0.1, -0.05) is 12.1 Å². The number of carbonyl (C=O) groups excluding carboxylic acids is 2. The first-order chi connectivity index (χ1) is 9.09. The van der Waals surface area contributed by atoms with Gasteiger partial charge < -0.3 is 14.9 Å². The number of fused-ring (bicyclic) bond motifs is 1. The summed E-state index contributed by atoms with van der Waals surface area (Å²) in [4.78, 5) is 25.1. The minimum absolute atomic E-state index is 0.111. The van der Waals surface area contributed by atoms with Crippen LogP contribution in [0.25, 0.3) is 0 Å². The molecule has 2 N–H and O–H groups in total. The van der Waals surface area contributed by atoms with Gasteiger partial charge >= 0.3 is 0 Å². The standard InChI is InChI=1S/C13H13NO5/c15-9(10-13(18)19-10)5-6-14-11(16)7-3-1-2-4-8(7)12(14)17/h1-4,9-10,13,15,18H,5-6H2/t9-,10?,13?/m0/s1. The maximum absolute atomic E-state index is 12.0. The number of hydrogen-bond acceptors (Lipinski definition) is 5. The van der Waals surface area contributed by atoms with Crippen LogP contribution in [-0.2, 0) is 4.74 Å². The highest BCUT2D eigenvalue weighted by molar-refractivity contribution is 6.21. The zero-order chi connectivity index (χ0) is 13.6. The van der Waals surface area contributed by atoms with Crippen molar-refractivity contribution in [2.45, 2.75) is 24.9 Å². The molecule has 1 saturated heterocycles. The Morgan fingerprint density at radius 3 is 2.21 bits per heavy atom. The fourth-order valence-corrected chi connectivity index (χ4v) is 2.26. The Balaban J connectivity index is 1.67. The van der Waals surface area contributed by atoms with Gasteiger partial charge in [0.1, 0.15) is 6.10 Å². The minimum Gasteiger partial charge on any atom is -0.390 e. The number of epoxide rings is 1. The fourth-order valence-electron chi connectivity index (χ4n) is 2.26. The van der Waals surface area contributed by atoms with Gasteiger partial charge in [-0.2, -0.15) is 0 Å². The average Bonchev–Trinajstić information content (AvgIpc) is 3.09. The average molecular weight is 263 g/mol. The van der Waals surface area contributed by atoms with Crippen LogP contribution in [0, 0.1) is 0 Å². The van der Waals surface area contributed by atoms with Crippen molar-refractivity contribution in [2.75, 3.05) is 6.54 Å². The summed E-state index contributed by atoms with van der Waals surface area (Å²) in [5.74, 6) is -0.685. The van der Waals surface area contributed by atoms with E-state index in [4.69, 9.17) is 9.84 Å². The largest absolute Gasteiger partial charge is 0.390 e. The van der Waals surface area contributed by atoms with E-state index in [0.717, 1.165) is 4.90 Å². The second-order valence-electron chi connectivity index (χ2n) is 4.65. The minimum atomic E-state index is -0.933. The molecule has 2 unspecified atom stereocenters. The van der Waals surface area contributed by atoms with Crippen LogP contribution in [-0.4, -0.2) is 52.0 Å². The molecular formula is C13H13NO5. The molecule has 0 radical (unpaired) electrons. The second kappa shape index (κ2) is 4.41. The maximum atomic E-state index is 12.0. The van der Waals surface area contributed by atoms with Crippen LogP contribution in [0.2, 0.25) is 0 Å². The highest BCUT2D eigenvalue weighted by Gasteiger charge is 2.44. The molecule has 19 heavy (non-hydrogen) atoms. The lowest BCUT2D eigenvalue weighted by molar-refractivity contribution is 0.0605. The Kier molecular flexibility index (Phi) is 2.85. The van der Waals surface area contributed by atoms with Gasteiger partial charge in [0.2, 0.25) is 0 Å². The Morgan fingerprint density at radius 2 is 1.74 bits per heavy atom. The van der Waals surface area contributed by atoms with E-state index in [1.165, 1.54) is 0 Å². The van der Waals surface area contributed by atoms with Crippen molar-refractivity contribution in [3.05, 3.63) is 35.4 Å². The molecule has 6 heteroatoms. The zero-order valence-corrected chi connectivity index (χ0v) is 10.0. The third-order valence-electron chi connectivity index (χ3n) is 3.41. The van der Waals surface area contributed by atoms with E-state index in [9.17, 15) is 14.7 Å². The zero-order valence-electron chi connectivity index (χ0n) is 10.0. The van der Waals surface area contributed by atoms with Gasteiger partial charge in [-0.25, -0.2) is 0 Å². The molecule has 1 fully saturated rings. The number of aliphatic hydroxyl groups is 2. The topological polar surface area (TPSA) is 90.4 Å². The summed E-state index contributed by atoms with van der Waals surface area (Å²) in [5, 5.41) is 18.7. The van der Waals surface area contributed by atoms with Gasteiger partial charge in [0, 0.05) is 6.54 Å². The number of nitrogens with zero attached hydrogens (tertiary/aromatic N) is 1. The molecule has 0 aromatic heterocycles. The van der Waals surface area contributed by atoms with Crippen LogP contribution in [0.5, 0.6) is 0 Å². The molecule has 1 aromatic rings. The number of ether oxygens (including phenoxy) is 1. The van der Waals surface area contributed by atoms with Gasteiger partial charge in [0.25, 0.3) is 11.8 Å². The third kappa shape index (κ3) is 2.03. The molecule has 2 heterocycles. The third-order valence-corrected chi connectivity index (χ3v) is 3.41. The summed E-state index contributed by atoms with van der Waals surface area (Å²) in [6.45, 7) is 0.111. The SMILES string of the molecule is O=C1c2ccccc2C(=O)N1CC[C@H](O)C1OC1O. The number of rotatable bonds is 4. The molecule has 1 aromatic carbocycles. The molecule has 2 aliphatic heterocycles. The number of benzene rings is 1. The fraction of sp³-hybridized carbons (Fsp3) is 0.385. The van der Waals surface area contributed by atoms with Gasteiger partial charge in [-0.15, -0.1) is 0 Å². The van der Waals surface area contributed by atoms with Crippen LogP contribution >= 0.6 is 0 Å². The smallest absolute Gasteiger partial charge is 0.261 e. The summed E-state index contributed by atoms with van der Waals surface area (Å²) in [6, 6.07) is 6.63. The number of imide groups is 1. The summed E-state index contributed by atoms with van der Waals surface area (Å²) in [6.07, 6.45) is -2.22. The molecule has 6 nitrogen and oxygen atoms in total. The van der Waals surface area contributed by atoms with Crippen molar-refractivity contribution in [3.63, 3.8) is 0 Å². The predicted octanol–water partition coefficient (Wildman–Crippen LogP) is -0.249. The van der Waals surface area contributed by atoms with E-state index in [1.54, 1.807) is 24.3 Å². The summed E-state index contributed by atoms with van der Waals surface area (Å²) < 4.78 is 4.73. The molecule has 0 saturated carbocycles. The van der Waals surface area contributed by atoms with Crippen LogP contribution in [0.1, 0.15) is 27.1 Å². The van der Waals surface area contributed by atoms with Crippen molar-refractivity contribution in [3.8, 4) is 0 Å². The second-order valence-corrected chi connectivity index (χ2v) is 4.65. The first-order valence-corrected chi connectivity index (χ1v) is 6.06. The quantitative estimate of drug-likeness (QED) is 0.577. The molecule has 0 bridgehead atoms. The Hall–Kier alpha value is -1.76. The number of aliphatic hydroxyl groups excluding tert-OH is 2. The molecule has 100 valence electrons. The maximum Gasteiger partial charge on any atom is 0.261 e. The first kappa shape index (κ1) is 12.3. The lowest BCUT2D eigenvalue weighted by Gasteiger charge is -2.15. The monoisotopic (exact) mass is 263 g/mol. The predicted molar refractivity (Wildman–Crippen MR) is 63.3 cm³/mol. The van der Waals surface area contributed by atoms with E-state index in [1.807, 2.05) is 0 Å². The van der Waals surface area contributed by atoms with E-state index in [2.05, 4.69) is 0 Å². The van der Waals surface area contributed by atoms with Crippen LogP contribution in [0.3, 0.4) is 0 Å². The van der Waals surface area contributed by atoms with Crippen LogP contribution < -0.4 is 0 Å². The van der Waals surface area contributed by atoms with Gasteiger partial charge in [0.15, 0.2) is 6.29 Å². The number of carbonyl (C=O) groups is 2. The van der Waals surface area contributed by atoms with Crippen molar-refractivity contribution in [1.29, 1.82) is 0 Å². The van der Waals surface area contributed by atoms with Crippen LogP contribution in [0.4, 0.5) is 0 Å². The van der Waals surface area contributed by atoms with Gasteiger partial charge in [0.05, 0.1) is 17.2 Å². The molecule has 3 rings (SSSR count). The molecular weight excluding hydrogens is 250 g/mol. The lowest BCUT2D eigenvalue weighted by atomic mass is 10.1. The molecule has 0 spiro atoms. The Labute approximate surface area is 109 Å². The summed E-state index contributed by atoms with van der Waals surface area (Å²) >= 11 is 0. The van der Waals surface area contributed by atoms with Crippen molar-refractivity contribution >= 4 is 11.8 Å². The van der Waals surface area contributed by atoms with Crippen molar-refractivity contribution < 1.29 is 24.5 Å². The lowest BCUT2D eigenvalue weighted by Crippen LogP contribution is -2.33. The van der Waals surface area contributed by atoms with E-state index < -0.39 is 18.5 Å². The molecule has 3 atom stereocenters. The molecule has 2 amide bonds. The van der Waals surface area contributed by atoms with Gasteiger partial charge in [-0.3, -0.25) is 14.5 Å². The highest BCUT2D eigenvalue weighted by atomic mass is 16.7. The van der Waals surface area contributed by atoms with Crippen LogP contribution in [0.15, 0.2) is 24.3 Å². The Morgan fingerprint density at radius 1 is 1.21 bits per heavy atom. The summed E-state index contributed by atoms with van der Waals surface area (Å²) in [7, 11) is 0. The number of hydrogen-bond donors (Lipinski definition) is 2. The molecule has 2 aliphatic rings.